The highest BCUT2D eigenvalue weighted by molar-refractivity contribution is 7.86. The Kier molecular flexibility index (Phi) is 4.81. The predicted octanol–water partition coefficient (Wildman–Crippen LogP) is 1.37. The van der Waals surface area contributed by atoms with E-state index in [0.29, 0.717) is 19.6 Å². The molecule has 1 aliphatic heterocycles. The lowest BCUT2D eigenvalue weighted by Crippen LogP contribution is -2.45. The molecule has 0 bridgehead atoms. The Labute approximate surface area is 140 Å². The molecule has 3 heterocycles. The van der Waals surface area contributed by atoms with Crippen molar-refractivity contribution in [1.29, 1.82) is 0 Å². The van der Waals surface area contributed by atoms with Gasteiger partial charge in [0, 0.05) is 50.9 Å². The SMILES string of the molecule is CN(C)S(=O)(=O)N1CCCC(c2nccn2Cc2cscn2)C1. The molecule has 0 spiro atoms. The second kappa shape index (κ2) is 6.68. The van der Waals surface area contributed by atoms with Gasteiger partial charge in [-0.3, -0.25) is 0 Å². The maximum atomic E-state index is 12.4. The smallest absolute Gasteiger partial charge is 0.281 e. The Bertz CT molecular complexity index is 739. The number of hydrogen-bond acceptors (Lipinski definition) is 5. The van der Waals surface area contributed by atoms with Crippen LogP contribution in [-0.4, -0.2) is 58.7 Å². The van der Waals surface area contributed by atoms with Crippen LogP contribution in [0.25, 0.3) is 0 Å². The molecule has 1 unspecified atom stereocenters. The Morgan fingerprint density at radius 2 is 2.22 bits per heavy atom. The van der Waals surface area contributed by atoms with E-state index in [-0.39, 0.29) is 5.92 Å². The van der Waals surface area contributed by atoms with E-state index in [9.17, 15) is 8.42 Å². The van der Waals surface area contributed by atoms with Gasteiger partial charge in [0.25, 0.3) is 10.2 Å². The molecule has 0 radical (unpaired) electrons. The van der Waals surface area contributed by atoms with Crippen molar-refractivity contribution >= 4 is 21.5 Å². The quantitative estimate of drug-likeness (QED) is 0.812. The molecule has 1 atom stereocenters. The van der Waals surface area contributed by atoms with Crippen LogP contribution in [0.5, 0.6) is 0 Å². The maximum absolute atomic E-state index is 12.4. The van der Waals surface area contributed by atoms with E-state index < -0.39 is 10.2 Å². The molecule has 1 aliphatic rings. The van der Waals surface area contributed by atoms with Crippen molar-refractivity contribution in [3.63, 3.8) is 0 Å². The Balaban J connectivity index is 1.78. The lowest BCUT2D eigenvalue weighted by molar-refractivity contribution is 0.290. The second-order valence-electron chi connectivity index (χ2n) is 5.88. The molecular formula is C14H21N5O2S2. The lowest BCUT2D eigenvalue weighted by atomic mass is 9.99. The van der Waals surface area contributed by atoms with E-state index in [1.54, 1.807) is 35.9 Å². The summed E-state index contributed by atoms with van der Waals surface area (Å²) in [6.07, 6.45) is 5.52. The number of imidazole rings is 1. The van der Waals surface area contributed by atoms with Gasteiger partial charge in [-0.05, 0) is 12.8 Å². The average Bonchev–Trinajstić information content (AvgIpc) is 3.19. The van der Waals surface area contributed by atoms with Gasteiger partial charge in [-0.1, -0.05) is 0 Å². The molecule has 0 aliphatic carbocycles. The van der Waals surface area contributed by atoms with Crippen LogP contribution in [0.3, 0.4) is 0 Å². The molecule has 0 N–H and O–H groups in total. The minimum absolute atomic E-state index is 0.118. The fourth-order valence-corrected chi connectivity index (χ4v) is 4.64. The largest absolute Gasteiger partial charge is 0.329 e. The van der Waals surface area contributed by atoms with E-state index in [0.717, 1.165) is 24.4 Å². The molecule has 7 nitrogen and oxygen atoms in total. The summed E-state index contributed by atoms with van der Waals surface area (Å²) in [5.41, 5.74) is 2.82. The fraction of sp³-hybridized carbons (Fsp3) is 0.571. The third-order valence-corrected chi connectivity index (χ3v) is 6.64. The van der Waals surface area contributed by atoms with Crippen molar-refractivity contribution in [3.8, 4) is 0 Å². The number of hydrogen-bond donors (Lipinski definition) is 0. The van der Waals surface area contributed by atoms with Crippen LogP contribution in [0.15, 0.2) is 23.3 Å². The van der Waals surface area contributed by atoms with Crippen LogP contribution in [0, 0.1) is 0 Å². The summed E-state index contributed by atoms with van der Waals surface area (Å²) in [7, 11) is -0.225. The summed E-state index contributed by atoms with van der Waals surface area (Å²) in [5.74, 6) is 1.06. The van der Waals surface area contributed by atoms with Crippen LogP contribution in [0.1, 0.15) is 30.3 Å². The van der Waals surface area contributed by atoms with Crippen molar-refractivity contribution in [3.05, 3.63) is 34.8 Å². The van der Waals surface area contributed by atoms with Gasteiger partial charge in [0.2, 0.25) is 0 Å². The first-order valence-corrected chi connectivity index (χ1v) is 9.88. The summed E-state index contributed by atoms with van der Waals surface area (Å²) in [5, 5.41) is 2.02. The summed E-state index contributed by atoms with van der Waals surface area (Å²) in [6, 6.07) is 0. The Morgan fingerprint density at radius 1 is 1.39 bits per heavy atom. The van der Waals surface area contributed by atoms with E-state index in [4.69, 9.17) is 0 Å². The molecule has 0 aromatic carbocycles. The molecule has 9 heteroatoms. The van der Waals surface area contributed by atoms with Crippen molar-refractivity contribution in [1.82, 2.24) is 23.1 Å². The number of rotatable bonds is 5. The van der Waals surface area contributed by atoms with Gasteiger partial charge in [0.05, 0.1) is 17.7 Å². The van der Waals surface area contributed by atoms with Crippen LogP contribution in [0.2, 0.25) is 0 Å². The standard InChI is InChI=1S/C14H21N5O2S2/c1-17(2)23(20,21)19-6-3-4-12(8-19)14-15-5-7-18(14)9-13-10-22-11-16-13/h5,7,10-12H,3-4,6,8-9H2,1-2H3. The molecule has 2 aromatic rings. The molecule has 1 fully saturated rings. The first kappa shape index (κ1) is 16.6. The van der Waals surface area contributed by atoms with Gasteiger partial charge in [-0.25, -0.2) is 9.97 Å². The molecule has 1 saturated heterocycles. The van der Waals surface area contributed by atoms with Gasteiger partial charge in [0.1, 0.15) is 5.82 Å². The van der Waals surface area contributed by atoms with E-state index in [1.807, 2.05) is 17.1 Å². The van der Waals surface area contributed by atoms with E-state index in [2.05, 4.69) is 14.5 Å². The maximum Gasteiger partial charge on any atom is 0.281 e. The van der Waals surface area contributed by atoms with Gasteiger partial charge >= 0.3 is 0 Å². The summed E-state index contributed by atoms with van der Waals surface area (Å²) < 4.78 is 29.6. The Hall–Kier alpha value is -1.29. The topological polar surface area (TPSA) is 71.3 Å². The summed E-state index contributed by atoms with van der Waals surface area (Å²) in [6.45, 7) is 1.73. The molecule has 23 heavy (non-hydrogen) atoms. The molecule has 126 valence electrons. The highest BCUT2D eigenvalue weighted by Crippen LogP contribution is 2.28. The van der Waals surface area contributed by atoms with E-state index in [1.165, 1.54) is 4.31 Å². The van der Waals surface area contributed by atoms with Gasteiger partial charge in [-0.2, -0.15) is 17.0 Å². The molecule has 0 saturated carbocycles. The molecular weight excluding hydrogens is 334 g/mol. The minimum atomic E-state index is -3.37. The van der Waals surface area contributed by atoms with Crippen LogP contribution < -0.4 is 0 Å². The summed E-state index contributed by atoms with van der Waals surface area (Å²) in [4.78, 5) is 8.80. The monoisotopic (exact) mass is 355 g/mol. The molecule has 2 aromatic heterocycles. The predicted molar refractivity (Wildman–Crippen MR) is 89.6 cm³/mol. The number of aromatic nitrogens is 3. The number of piperidine rings is 1. The van der Waals surface area contributed by atoms with Crippen molar-refractivity contribution in [2.24, 2.45) is 0 Å². The lowest BCUT2D eigenvalue weighted by Gasteiger charge is -2.33. The third kappa shape index (κ3) is 3.47. The second-order valence-corrected chi connectivity index (χ2v) is 8.74. The van der Waals surface area contributed by atoms with E-state index >= 15 is 0 Å². The van der Waals surface area contributed by atoms with Crippen LogP contribution >= 0.6 is 11.3 Å². The summed E-state index contributed by atoms with van der Waals surface area (Å²) >= 11 is 1.57. The highest BCUT2D eigenvalue weighted by Gasteiger charge is 2.32. The zero-order valence-electron chi connectivity index (χ0n) is 13.3. The zero-order valence-corrected chi connectivity index (χ0v) is 14.9. The Morgan fingerprint density at radius 3 is 2.91 bits per heavy atom. The first-order chi connectivity index (χ1) is 11.0. The highest BCUT2D eigenvalue weighted by atomic mass is 32.2. The van der Waals surface area contributed by atoms with Crippen molar-refractivity contribution in [2.75, 3.05) is 27.2 Å². The molecule has 0 amide bonds. The molecule has 3 rings (SSSR count). The van der Waals surface area contributed by atoms with Crippen molar-refractivity contribution < 1.29 is 8.42 Å². The zero-order chi connectivity index (χ0) is 16.4. The third-order valence-electron chi connectivity index (χ3n) is 4.10. The van der Waals surface area contributed by atoms with Gasteiger partial charge in [0.15, 0.2) is 0 Å². The number of thiazole rings is 1. The normalized spacial score (nSPS) is 20.2. The first-order valence-electron chi connectivity index (χ1n) is 7.54. The van der Waals surface area contributed by atoms with Gasteiger partial charge in [-0.15, -0.1) is 11.3 Å². The fourth-order valence-electron chi connectivity index (χ4n) is 2.90. The average molecular weight is 355 g/mol. The van der Waals surface area contributed by atoms with Crippen molar-refractivity contribution in [2.45, 2.75) is 25.3 Å². The van der Waals surface area contributed by atoms with Crippen LogP contribution in [-0.2, 0) is 16.8 Å². The van der Waals surface area contributed by atoms with Crippen LogP contribution in [0.4, 0.5) is 0 Å². The van der Waals surface area contributed by atoms with Gasteiger partial charge < -0.3 is 4.57 Å². The minimum Gasteiger partial charge on any atom is -0.329 e. The number of nitrogens with zero attached hydrogens (tertiary/aromatic N) is 5.